The van der Waals surface area contributed by atoms with Crippen LogP contribution in [0.1, 0.15) is 32.1 Å². The molecule has 1 aromatic carbocycles. The van der Waals surface area contributed by atoms with Crippen LogP contribution in [0.3, 0.4) is 0 Å². The molecule has 0 atom stereocenters. The maximum Gasteiger partial charge on any atom is 0.220 e. The monoisotopic (exact) mass is 341 g/mol. The van der Waals surface area contributed by atoms with E-state index in [0.717, 1.165) is 32.1 Å². The second-order valence-electron chi connectivity index (χ2n) is 6.26. The van der Waals surface area contributed by atoms with Gasteiger partial charge in [0.1, 0.15) is 11.4 Å². The maximum atomic E-state index is 10.5. The molecule has 0 amide bonds. The lowest BCUT2D eigenvalue weighted by Crippen LogP contribution is -2.58. The molecule has 10 nitrogen and oxygen atoms in total. The number of nitrogens with two attached hydrogens (primary N) is 2. The molecule has 2 aliphatic rings. The molecule has 1 aliphatic heterocycles. The highest BCUT2D eigenvalue weighted by Crippen LogP contribution is 2.43. The number of phenols is 1. The molecule has 2 aromatic rings. The first-order valence-electron chi connectivity index (χ1n) is 8.16. The highest BCUT2D eigenvalue weighted by molar-refractivity contribution is 6.06. The van der Waals surface area contributed by atoms with E-state index < -0.39 is 5.66 Å². The van der Waals surface area contributed by atoms with Gasteiger partial charge in [0.2, 0.25) is 17.7 Å². The number of phenolic OH excluding ortho intramolecular Hbond substituents is 1. The van der Waals surface area contributed by atoms with E-state index in [1.165, 1.54) is 0 Å². The summed E-state index contributed by atoms with van der Waals surface area (Å²) >= 11 is 0. The van der Waals surface area contributed by atoms with E-state index in [-0.39, 0.29) is 17.7 Å². The SMILES string of the molecule is NC1=NC2(CCCCC2)N(c2cc(-c3nn[nH]n3)ccc2O)C(N)=N1. The lowest BCUT2D eigenvalue weighted by Gasteiger charge is -2.45. The molecule has 1 aliphatic carbocycles. The van der Waals surface area contributed by atoms with Gasteiger partial charge in [0.15, 0.2) is 0 Å². The molecule has 0 radical (unpaired) electrons. The van der Waals surface area contributed by atoms with Crippen molar-refractivity contribution in [3.63, 3.8) is 0 Å². The summed E-state index contributed by atoms with van der Waals surface area (Å²) in [5.74, 6) is 0.889. The molecule has 130 valence electrons. The minimum Gasteiger partial charge on any atom is -0.506 e. The minimum atomic E-state index is -0.623. The number of benzene rings is 1. The van der Waals surface area contributed by atoms with Gasteiger partial charge in [0.05, 0.1) is 5.69 Å². The minimum absolute atomic E-state index is 0.0750. The fourth-order valence-electron chi connectivity index (χ4n) is 3.60. The number of rotatable bonds is 2. The van der Waals surface area contributed by atoms with Crippen LogP contribution in [0.25, 0.3) is 11.4 Å². The molecular formula is C15H19N9O. The molecule has 0 saturated heterocycles. The largest absolute Gasteiger partial charge is 0.506 e. The number of nitrogens with zero attached hydrogens (tertiary/aromatic N) is 6. The zero-order chi connectivity index (χ0) is 17.4. The maximum absolute atomic E-state index is 10.5. The fourth-order valence-corrected chi connectivity index (χ4v) is 3.60. The summed E-state index contributed by atoms with van der Waals surface area (Å²) in [6, 6.07) is 5.05. The number of hydrogen-bond acceptors (Lipinski definition) is 9. The van der Waals surface area contributed by atoms with Crippen molar-refractivity contribution < 1.29 is 5.11 Å². The molecule has 6 N–H and O–H groups in total. The number of tetrazole rings is 1. The number of aromatic amines is 1. The van der Waals surface area contributed by atoms with Crippen molar-refractivity contribution in [2.75, 3.05) is 4.90 Å². The van der Waals surface area contributed by atoms with Crippen LogP contribution in [0, 0.1) is 0 Å². The van der Waals surface area contributed by atoms with Gasteiger partial charge in [-0.3, -0.25) is 4.90 Å². The number of aromatic nitrogens is 4. The topological polar surface area (TPSA) is 155 Å². The van der Waals surface area contributed by atoms with Crippen molar-refractivity contribution in [1.82, 2.24) is 20.6 Å². The van der Waals surface area contributed by atoms with Gasteiger partial charge in [-0.2, -0.15) is 10.2 Å². The number of anilines is 1. The Kier molecular flexibility index (Phi) is 3.52. The van der Waals surface area contributed by atoms with E-state index in [2.05, 4.69) is 30.6 Å². The van der Waals surface area contributed by atoms with Gasteiger partial charge < -0.3 is 16.6 Å². The first-order valence-corrected chi connectivity index (χ1v) is 8.16. The molecule has 1 fully saturated rings. The normalized spacial score (nSPS) is 19.6. The number of guanidine groups is 2. The second-order valence-corrected chi connectivity index (χ2v) is 6.26. The summed E-state index contributed by atoms with van der Waals surface area (Å²) in [5, 5.41) is 24.4. The Labute approximate surface area is 143 Å². The van der Waals surface area contributed by atoms with E-state index in [1.807, 2.05) is 0 Å². The van der Waals surface area contributed by atoms with Crippen LogP contribution in [-0.2, 0) is 0 Å². The first-order chi connectivity index (χ1) is 12.1. The highest BCUT2D eigenvalue weighted by Gasteiger charge is 2.43. The van der Waals surface area contributed by atoms with Crippen molar-refractivity contribution in [1.29, 1.82) is 0 Å². The predicted octanol–water partition coefficient (Wildman–Crippen LogP) is 0.682. The van der Waals surface area contributed by atoms with Gasteiger partial charge in [-0.05, 0) is 49.1 Å². The quantitative estimate of drug-likeness (QED) is 0.626. The Bertz CT molecular complexity index is 837. The Morgan fingerprint density at radius 3 is 2.68 bits per heavy atom. The van der Waals surface area contributed by atoms with Gasteiger partial charge in [-0.15, -0.1) is 10.2 Å². The van der Waals surface area contributed by atoms with Crippen LogP contribution in [0.2, 0.25) is 0 Å². The molecule has 10 heteroatoms. The standard InChI is InChI=1S/C15H19N9O/c16-13-18-14(17)24(15(19-13)6-2-1-3-7-15)10-8-9(4-5-11(10)25)12-20-22-23-21-12/h4-5,8,25H,1-3,6-7H2,(H4,16,17,18,19)(H,20,21,22,23). The number of nitrogens with one attached hydrogen (secondary N) is 1. The zero-order valence-electron chi connectivity index (χ0n) is 13.6. The van der Waals surface area contributed by atoms with Crippen LogP contribution in [-0.4, -0.2) is 43.3 Å². The Morgan fingerprint density at radius 2 is 1.96 bits per heavy atom. The van der Waals surface area contributed by atoms with Gasteiger partial charge in [-0.25, -0.2) is 4.99 Å². The van der Waals surface area contributed by atoms with Gasteiger partial charge in [-0.1, -0.05) is 6.42 Å². The first kappa shape index (κ1) is 15.4. The summed E-state index contributed by atoms with van der Waals surface area (Å²) in [5.41, 5.74) is 12.7. The molecule has 1 aromatic heterocycles. The smallest absolute Gasteiger partial charge is 0.220 e. The van der Waals surface area contributed by atoms with E-state index >= 15 is 0 Å². The molecule has 0 bridgehead atoms. The third-order valence-electron chi connectivity index (χ3n) is 4.67. The Morgan fingerprint density at radius 1 is 1.16 bits per heavy atom. The summed E-state index contributed by atoms with van der Waals surface area (Å²) < 4.78 is 0. The number of H-pyrrole nitrogens is 1. The fraction of sp³-hybridized carbons (Fsp3) is 0.400. The third kappa shape index (κ3) is 2.55. The van der Waals surface area contributed by atoms with Crippen LogP contribution in [0.4, 0.5) is 5.69 Å². The zero-order valence-corrected chi connectivity index (χ0v) is 13.6. The van der Waals surface area contributed by atoms with Gasteiger partial charge >= 0.3 is 0 Å². The van der Waals surface area contributed by atoms with E-state index in [0.29, 0.717) is 17.1 Å². The van der Waals surface area contributed by atoms with Crippen LogP contribution in [0.5, 0.6) is 5.75 Å². The Balaban J connectivity index is 1.84. The number of aliphatic imine (C=N–C) groups is 2. The molecule has 2 heterocycles. The number of aromatic hydroxyl groups is 1. The molecule has 1 saturated carbocycles. The molecular weight excluding hydrogens is 322 g/mol. The number of hydrogen-bond donors (Lipinski definition) is 4. The van der Waals surface area contributed by atoms with Gasteiger partial charge in [0.25, 0.3) is 0 Å². The average Bonchev–Trinajstić information content (AvgIpc) is 3.11. The van der Waals surface area contributed by atoms with Crippen molar-refractivity contribution in [3.8, 4) is 17.1 Å². The summed E-state index contributed by atoms with van der Waals surface area (Å²) in [7, 11) is 0. The van der Waals surface area contributed by atoms with Crippen LogP contribution >= 0.6 is 0 Å². The molecule has 4 rings (SSSR count). The van der Waals surface area contributed by atoms with E-state index in [4.69, 9.17) is 11.5 Å². The van der Waals surface area contributed by atoms with E-state index in [9.17, 15) is 5.11 Å². The lowest BCUT2D eigenvalue weighted by atomic mass is 9.87. The average molecular weight is 341 g/mol. The van der Waals surface area contributed by atoms with Gasteiger partial charge in [0, 0.05) is 5.56 Å². The molecule has 1 spiro atoms. The van der Waals surface area contributed by atoms with Crippen molar-refractivity contribution in [2.24, 2.45) is 21.5 Å². The summed E-state index contributed by atoms with van der Waals surface area (Å²) in [6.07, 6.45) is 4.72. The summed E-state index contributed by atoms with van der Waals surface area (Å²) in [4.78, 5) is 10.5. The van der Waals surface area contributed by atoms with Crippen molar-refractivity contribution in [3.05, 3.63) is 18.2 Å². The molecule has 25 heavy (non-hydrogen) atoms. The van der Waals surface area contributed by atoms with E-state index in [1.54, 1.807) is 23.1 Å². The third-order valence-corrected chi connectivity index (χ3v) is 4.67. The van der Waals surface area contributed by atoms with Crippen molar-refractivity contribution >= 4 is 17.6 Å². The van der Waals surface area contributed by atoms with Crippen molar-refractivity contribution in [2.45, 2.75) is 37.8 Å². The van der Waals surface area contributed by atoms with Crippen LogP contribution < -0.4 is 16.4 Å². The second kappa shape index (κ2) is 5.72. The predicted molar refractivity (Wildman–Crippen MR) is 92.8 cm³/mol. The Hall–Kier alpha value is -3.17. The lowest BCUT2D eigenvalue weighted by molar-refractivity contribution is 0.303. The summed E-state index contributed by atoms with van der Waals surface area (Å²) in [6.45, 7) is 0. The molecule has 0 unspecified atom stereocenters. The van der Waals surface area contributed by atoms with Crippen LogP contribution in [0.15, 0.2) is 28.2 Å². The highest BCUT2D eigenvalue weighted by atomic mass is 16.3.